The van der Waals surface area contributed by atoms with Crippen LogP contribution >= 0.6 is 0 Å². The smallest absolute Gasteiger partial charge is 0.163 e. The number of aldehydes is 1. The van der Waals surface area contributed by atoms with Crippen LogP contribution in [0.25, 0.3) is 0 Å². The SMILES string of the molecule is N=C(C=O)CC=Nc1ccc(F)cn1. The molecule has 1 aromatic rings. The molecule has 1 aromatic heterocycles. The number of carbonyl (C=O) groups excluding carboxylic acids is 1. The molecule has 4 nitrogen and oxygen atoms in total. The highest BCUT2D eigenvalue weighted by atomic mass is 19.1. The van der Waals surface area contributed by atoms with Crippen LogP contribution in [0, 0.1) is 11.2 Å². The van der Waals surface area contributed by atoms with E-state index in [0.29, 0.717) is 12.1 Å². The first kappa shape index (κ1) is 10.2. The number of pyridine rings is 1. The number of rotatable bonds is 4. The Hall–Kier alpha value is -1.91. The number of carbonyl (C=O) groups is 1. The third-order valence-corrected chi connectivity index (χ3v) is 1.39. The first-order valence-corrected chi connectivity index (χ1v) is 3.89. The third kappa shape index (κ3) is 3.22. The van der Waals surface area contributed by atoms with E-state index in [1.54, 1.807) is 0 Å². The second kappa shape index (κ2) is 4.96. The molecule has 0 aliphatic heterocycles. The summed E-state index contributed by atoms with van der Waals surface area (Å²) in [6, 6.07) is 2.65. The van der Waals surface area contributed by atoms with Gasteiger partial charge in [0.05, 0.1) is 11.9 Å². The van der Waals surface area contributed by atoms with Crippen molar-refractivity contribution in [1.82, 2.24) is 4.98 Å². The van der Waals surface area contributed by atoms with Gasteiger partial charge in [-0.15, -0.1) is 0 Å². The van der Waals surface area contributed by atoms with Crippen molar-refractivity contribution in [3.05, 3.63) is 24.1 Å². The zero-order valence-electron chi connectivity index (χ0n) is 7.27. The van der Waals surface area contributed by atoms with Crippen molar-refractivity contribution < 1.29 is 9.18 Å². The maximum absolute atomic E-state index is 12.4. The van der Waals surface area contributed by atoms with Crippen molar-refractivity contribution in [2.75, 3.05) is 0 Å². The van der Waals surface area contributed by atoms with Crippen LogP contribution in [0.3, 0.4) is 0 Å². The minimum Gasteiger partial charge on any atom is -0.302 e. The molecule has 0 amide bonds. The number of hydrogen-bond donors (Lipinski definition) is 1. The van der Waals surface area contributed by atoms with Crippen LogP contribution in [0.15, 0.2) is 23.3 Å². The lowest BCUT2D eigenvalue weighted by molar-refractivity contribution is -0.102. The number of aromatic nitrogens is 1. The lowest BCUT2D eigenvalue weighted by Gasteiger charge is -1.91. The molecular weight excluding hydrogens is 185 g/mol. The minimum atomic E-state index is -0.426. The summed E-state index contributed by atoms with van der Waals surface area (Å²) in [7, 11) is 0. The monoisotopic (exact) mass is 193 g/mol. The van der Waals surface area contributed by atoms with Crippen molar-refractivity contribution in [3.8, 4) is 0 Å². The molecule has 0 unspecified atom stereocenters. The maximum atomic E-state index is 12.4. The van der Waals surface area contributed by atoms with Crippen molar-refractivity contribution in [2.45, 2.75) is 6.42 Å². The summed E-state index contributed by atoms with van der Waals surface area (Å²) in [4.78, 5) is 17.5. The maximum Gasteiger partial charge on any atom is 0.163 e. The quantitative estimate of drug-likeness (QED) is 0.582. The molecule has 14 heavy (non-hydrogen) atoms. The second-order valence-electron chi connectivity index (χ2n) is 2.49. The number of aliphatic imine (C=N–C) groups is 1. The summed E-state index contributed by atoms with van der Waals surface area (Å²) in [5.41, 5.74) is -0.0594. The fourth-order valence-electron chi connectivity index (χ4n) is 0.730. The van der Waals surface area contributed by atoms with E-state index in [-0.39, 0.29) is 12.1 Å². The molecule has 1 N–H and O–H groups in total. The van der Waals surface area contributed by atoms with Crippen molar-refractivity contribution in [3.63, 3.8) is 0 Å². The fraction of sp³-hybridized carbons (Fsp3) is 0.111. The predicted octanol–water partition coefficient (Wildman–Crippen LogP) is 1.53. The zero-order chi connectivity index (χ0) is 10.4. The fourth-order valence-corrected chi connectivity index (χ4v) is 0.730. The molecule has 0 saturated carbocycles. The first-order valence-electron chi connectivity index (χ1n) is 3.89. The van der Waals surface area contributed by atoms with Gasteiger partial charge in [-0.1, -0.05) is 0 Å². The molecule has 0 fully saturated rings. The Kier molecular flexibility index (Phi) is 3.60. The molecule has 5 heteroatoms. The van der Waals surface area contributed by atoms with E-state index in [4.69, 9.17) is 5.41 Å². The molecule has 0 atom stereocenters. The Balaban J connectivity index is 2.56. The molecule has 0 aliphatic rings. The van der Waals surface area contributed by atoms with Gasteiger partial charge in [0.25, 0.3) is 0 Å². The van der Waals surface area contributed by atoms with Gasteiger partial charge >= 0.3 is 0 Å². The van der Waals surface area contributed by atoms with Crippen LogP contribution in [-0.4, -0.2) is 23.2 Å². The van der Waals surface area contributed by atoms with E-state index < -0.39 is 5.82 Å². The number of nitrogens with zero attached hydrogens (tertiary/aromatic N) is 2. The van der Waals surface area contributed by atoms with E-state index in [9.17, 15) is 9.18 Å². The first-order chi connectivity index (χ1) is 6.72. The molecule has 0 radical (unpaired) electrons. The summed E-state index contributed by atoms with van der Waals surface area (Å²) in [5, 5.41) is 7.00. The van der Waals surface area contributed by atoms with Gasteiger partial charge in [-0.2, -0.15) is 0 Å². The molecule has 1 heterocycles. The Bertz CT molecular complexity index is 359. The van der Waals surface area contributed by atoms with Gasteiger partial charge in [0, 0.05) is 12.6 Å². The Labute approximate surface area is 80.0 Å². The van der Waals surface area contributed by atoms with E-state index >= 15 is 0 Å². The van der Waals surface area contributed by atoms with Crippen LogP contribution in [0.5, 0.6) is 0 Å². The van der Waals surface area contributed by atoms with Crippen LogP contribution in [0.4, 0.5) is 10.2 Å². The molecule has 72 valence electrons. The largest absolute Gasteiger partial charge is 0.302 e. The normalized spacial score (nSPS) is 10.4. The average molecular weight is 193 g/mol. The van der Waals surface area contributed by atoms with Crippen molar-refractivity contribution in [1.29, 1.82) is 5.41 Å². The summed E-state index contributed by atoms with van der Waals surface area (Å²) in [6.45, 7) is 0. The Morgan fingerprint density at radius 1 is 1.64 bits per heavy atom. The minimum absolute atomic E-state index is 0.0594. The van der Waals surface area contributed by atoms with Crippen LogP contribution in [0.1, 0.15) is 6.42 Å². The summed E-state index contributed by atoms with van der Waals surface area (Å²) in [6.07, 6.45) is 3.04. The van der Waals surface area contributed by atoms with Gasteiger partial charge in [0.1, 0.15) is 5.82 Å². The molecule has 0 aromatic carbocycles. The van der Waals surface area contributed by atoms with E-state index in [0.717, 1.165) is 6.20 Å². The van der Waals surface area contributed by atoms with Gasteiger partial charge < -0.3 is 5.41 Å². The average Bonchev–Trinajstić information content (AvgIpc) is 2.21. The predicted molar refractivity (Wildman–Crippen MR) is 50.8 cm³/mol. The van der Waals surface area contributed by atoms with E-state index in [2.05, 4.69) is 9.98 Å². The van der Waals surface area contributed by atoms with Crippen LogP contribution < -0.4 is 0 Å². The van der Waals surface area contributed by atoms with Gasteiger partial charge in [0.15, 0.2) is 12.1 Å². The van der Waals surface area contributed by atoms with E-state index in [1.807, 2.05) is 0 Å². The highest BCUT2D eigenvalue weighted by Crippen LogP contribution is 2.06. The molecular formula is C9H8FN3O. The Morgan fingerprint density at radius 2 is 2.43 bits per heavy atom. The second-order valence-corrected chi connectivity index (χ2v) is 2.49. The van der Waals surface area contributed by atoms with Crippen molar-refractivity contribution in [2.24, 2.45) is 4.99 Å². The number of halogens is 1. The van der Waals surface area contributed by atoms with E-state index in [1.165, 1.54) is 18.3 Å². The molecule has 1 rings (SSSR count). The van der Waals surface area contributed by atoms with Crippen LogP contribution in [-0.2, 0) is 4.79 Å². The molecule has 0 saturated heterocycles. The highest BCUT2D eigenvalue weighted by Gasteiger charge is 1.92. The van der Waals surface area contributed by atoms with Gasteiger partial charge in [-0.25, -0.2) is 14.4 Å². The van der Waals surface area contributed by atoms with Gasteiger partial charge in [-0.05, 0) is 12.1 Å². The highest BCUT2D eigenvalue weighted by molar-refractivity contribution is 6.29. The summed E-state index contributed by atoms with van der Waals surface area (Å²) >= 11 is 0. The summed E-state index contributed by atoms with van der Waals surface area (Å²) < 4.78 is 12.4. The van der Waals surface area contributed by atoms with Gasteiger partial charge in [0.2, 0.25) is 0 Å². The molecule has 0 aliphatic carbocycles. The molecule has 0 spiro atoms. The standard InChI is InChI=1S/C9H8FN3O/c10-7-1-2-9(13-5-7)12-4-3-8(11)6-14/h1-2,4-6,11H,3H2. The lowest BCUT2D eigenvalue weighted by Crippen LogP contribution is -1.96. The van der Waals surface area contributed by atoms with Gasteiger partial charge in [-0.3, -0.25) is 4.79 Å². The third-order valence-electron chi connectivity index (χ3n) is 1.39. The number of hydrogen-bond acceptors (Lipinski definition) is 4. The lowest BCUT2D eigenvalue weighted by atomic mass is 10.3. The number of nitrogens with one attached hydrogen (secondary N) is 1. The topological polar surface area (TPSA) is 66.2 Å². The zero-order valence-corrected chi connectivity index (χ0v) is 7.27. The van der Waals surface area contributed by atoms with Crippen molar-refractivity contribution >= 4 is 24.0 Å². The van der Waals surface area contributed by atoms with Crippen LogP contribution in [0.2, 0.25) is 0 Å². The Morgan fingerprint density at radius 3 is 3.00 bits per heavy atom. The molecule has 0 bridgehead atoms. The summed E-state index contributed by atoms with van der Waals surface area (Å²) in [5.74, 6) is -0.0744.